The van der Waals surface area contributed by atoms with Gasteiger partial charge in [0.25, 0.3) is 0 Å². The van der Waals surface area contributed by atoms with Crippen LogP contribution in [0.1, 0.15) is 43.8 Å². The molecule has 3 atom stereocenters. The van der Waals surface area contributed by atoms with Crippen LogP contribution in [0, 0.1) is 17.8 Å². The van der Waals surface area contributed by atoms with E-state index in [9.17, 15) is 9.59 Å². The van der Waals surface area contributed by atoms with E-state index in [1.807, 2.05) is 0 Å². The Hall–Kier alpha value is -1.30. The summed E-state index contributed by atoms with van der Waals surface area (Å²) in [7, 11) is 0. The minimum absolute atomic E-state index is 0.00965. The number of carbonyl (C=O) groups excluding carboxylic acids is 2. The summed E-state index contributed by atoms with van der Waals surface area (Å²) in [4.78, 5) is 28.2. The molecule has 5 nitrogen and oxygen atoms in total. The van der Waals surface area contributed by atoms with Gasteiger partial charge in [-0.15, -0.1) is 0 Å². The predicted molar refractivity (Wildman–Crippen MR) is 69.8 cm³/mol. The molecular formula is C13H15N3O2S. The van der Waals surface area contributed by atoms with Crippen molar-refractivity contribution in [3.8, 4) is 0 Å². The Morgan fingerprint density at radius 1 is 1.32 bits per heavy atom. The number of hydrogen-bond acceptors (Lipinski definition) is 5. The molecule has 1 aromatic heterocycles. The van der Waals surface area contributed by atoms with E-state index in [1.54, 1.807) is 0 Å². The summed E-state index contributed by atoms with van der Waals surface area (Å²) in [6, 6.07) is 0. The van der Waals surface area contributed by atoms with Gasteiger partial charge >= 0.3 is 0 Å². The van der Waals surface area contributed by atoms with Gasteiger partial charge in [0, 0.05) is 29.8 Å². The van der Waals surface area contributed by atoms with E-state index in [0.717, 1.165) is 31.5 Å². The van der Waals surface area contributed by atoms with E-state index in [0.29, 0.717) is 17.5 Å². The molecule has 0 spiro atoms. The van der Waals surface area contributed by atoms with Crippen molar-refractivity contribution in [1.82, 2.24) is 9.36 Å². The van der Waals surface area contributed by atoms with Gasteiger partial charge in [0.2, 0.25) is 11.0 Å². The zero-order valence-corrected chi connectivity index (χ0v) is 11.3. The number of hydrogen-bond donors (Lipinski definition) is 1. The van der Waals surface area contributed by atoms with E-state index >= 15 is 0 Å². The van der Waals surface area contributed by atoms with Gasteiger partial charge in [0.1, 0.15) is 11.6 Å². The number of carbonyl (C=O) groups is 2. The van der Waals surface area contributed by atoms with Gasteiger partial charge in [0.15, 0.2) is 0 Å². The zero-order valence-electron chi connectivity index (χ0n) is 10.5. The fourth-order valence-electron chi connectivity index (χ4n) is 3.19. The summed E-state index contributed by atoms with van der Waals surface area (Å²) < 4.78 is 4.27. The standard InChI is InChI=1S/C13H15N3O2S/c17-8-3-1-2-7-9(8)10(7)12(18)15-13-14-11(16-19-13)6-4-5-6/h6-7,9-10H,1-5H2,(H,14,15,16,18)/t7-,9-,10+/m0/s1. The first kappa shape index (κ1) is 11.5. The van der Waals surface area contributed by atoms with Crippen LogP contribution in [0.4, 0.5) is 5.13 Å². The second kappa shape index (κ2) is 4.10. The largest absolute Gasteiger partial charge is 0.300 e. The maximum absolute atomic E-state index is 12.2. The van der Waals surface area contributed by atoms with Crippen LogP contribution < -0.4 is 5.32 Å². The van der Waals surface area contributed by atoms with Gasteiger partial charge in [-0.05, 0) is 31.6 Å². The maximum atomic E-state index is 12.2. The van der Waals surface area contributed by atoms with Crippen molar-refractivity contribution in [2.75, 3.05) is 5.32 Å². The SMILES string of the molecule is O=C1CCC[C@H]2[C@@H]1[C@@H]2C(=O)Nc1nc(C2CC2)ns1. The molecule has 1 amide bonds. The second-order valence-corrected chi connectivity index (χ2v) is 6.55. The minimum Gasteiger partial charge on any atom is -0.300 e. The lowest BCUT2D eigenvalue weighted by Crippen LogP contribution is -2.16. The first-order valence-electron chi connectivity index (χ1n) is 6.91. The number of nitrogens with one attached hydrogen (secondary N) is 1. The maximum Gasteiger partial charge on any atom is 0.230 e. The minimum atomic E-state index is -0.108. The first-order valence-corrected chi connectivity index (χ1v) is 7.68. The number of nitrogens with zero attached hydrogens (tertiary/aromatic N) is 2. The Balaban J connectivity index is 1.42. The number of ketones is 1. The van der Waals surface area contributed by atoms with Crippen molar-refractivity contribution in [1.29, 1.82) is 0 Å². The van der Waals surface area contributed by atoms with Crippen LogP contribution in [-0.4, -0.2) is 21.0 Å². The first-order chi connectivity index (χ1) is 9.24. The topological polar surface area (TPSA) is 72.0 Å². The zero-order chi connectivity index (χ0) is 13.0. The third-order valence-electron chi connectivity index (χ3n) is 4.42. The molecule has 3 saturated carbocycles. The molecule has 4 rings (SSSR count). The van der Waals surface area contributed by atoms with Crippen LogP contribution in [0.3, 0.4) is 0 Å². The summed E-state index contributed by atoms with van der Waals surface area (Å²) in [5.74, 6) is 1.78. The normalized spacial score (nSPS) is 32.8. The van der Waals surface area contributed by atoms with Crippen molar-refractivity contribution in [2.45, 2.75) is 38.0 Å². The highest BCUT2D eigenvalue weighted by molar-refractivity contribution is 7.09. The summed E-state index contributed by atoms with van der Waals surface area (Å²) in [5, 5.41) is 3.42. The van der Waals surface area contributed by atoms with Gasteiger partial charge < -0.3 is 5.32 Å². The average Bonchev–Trinajstić information content (AvgIpc) is 3.29. The molecule has 1 heterocycles. The molecule has 3 fully saturated rings. The molecule has 0 aromatic carbocycles. The Morgan fingerprint density at radius 2 is 2.16 bits per heavy atom. The van der Waals surface area contributed by atoms with Crippen molar-refractivity contribution >= 4 is 28.4 Å². The van der Waals surface area contributed by atoms with Crippen LogP contribution in [0.25, 0.3) is 0 Å². The molecule has 0 bridgehead atoms. The Labute approximate surface area is 115 Å². The monoisotopic (exact) mass is 277 g/mol. The highest BCUT2D eigenvalue weighted by Crippen LogP contribution is 2.54. The molecular weight excluding hydrogens is 262 g/mol. The number of aromatic nitrogens is 2. The van der Waals surface area contributed by atoms with E-state index in [4.69, 9.17) is 0 Å². The smallest absolute Gasteiger partial charge is 0.230 e. The molecule has 100 valence electrons. The number of Topliss-reactive ketones (excluding diaryl/α,β-unsaturated/α-hetero) is 1. The molecule has 0 unspecified atom stereocenters. The predicted octanol–water partition coefficient (Wildman–Crippen LogP) is 1.97. The van der Waals surface area contributed by atoms with E-state index < -0.39 is 0 Å². The van der Waals surface area contributed by atoms with Crippen molar-refractivity contribution in [3.05, 3.63) is 5.82 Å². The van der Waals surface area contributed by atoms with Crippen LogP contribution >= 0.6 is 11.5 Å². The van der Waals surface area contributed by atoms with Crippen molar-refractivity contribution in [2.24, 2.45) is 17.8 Å². The van der Waals surface area contributed by atoms with E-state index in [-0.39, 0.29) is 29.4 Å². The third-order valence-corrected chi connectivity index (χ3v) is 5.06. The van der Waals surface area contributed by atoms with Crippen molar-refractivity contribution < 1.29 is 9.59 Å². The summed E-state index contributed by atoms with van der Waals surface area (Å²) in [6.45, 7) is 0. The van der Waals surface area contributed by atoms with Crippen LogP contribution in [0.2, 0.25) is 0 Å². The van der Waals surface area contributed by atoms with E-state index in [2.05, 4.69) is 14.7 Å². The molecule has 3 aliphatic rings. The summed E-state index contributed by atoms with van der Waals surface area (Å²) >= 11 is 1.25. The molecule has 1 N–H and O–H groups in total. The fraction of sp³-hybridized carbons (Fsp3) is 0.692. The number of amides is 1. The molecule has 3 aliphatic carbocycles. The van der Waals surface area contributed by atoms with Crippen molar-refractivity contribution in [3.63, 3.8) is 0 Å². The van der Waals surface area contributed by atoms with Crippen LogP contribution in [0.15, 0.2) is 0 Å². The molecule has 0 saturated heterocycles. The average molecular weight is 277 g/mol. The molecule has 0 aliphatic heterocycles. The van der Waals surface area contributed by atoms with Gasteiger partial charge in [-0.2, -0.15) is 4.37 Å². The van der Waals surface area contributed by atoms with Gasteiger partial charge in [0.05, 0.1) is 5.92 Å². The molecule has 19 heavy (non-hydrogen) atoms. The summed E-state index contributed by atoms with van der Waals surface area (Å²) in [5.41, 5.74) is 0. The molecule has 6 heteroatoms. The van der Waals surface area contributed by atoms with Gasteiger partial charge in [-0.3, -0.25) is 9.59 Å². The lowest BCUT2D eigenvalue weighted by atomic mass is 10.00. The number of fused-ring (bicyclic) bond motifs is 1. The fourth-order valence-corrected chi connectivity index (χ4v) is 3.84. The Bertz CT molecular complexity index is 552. The molecule has 1 aromatic rings. The lowest BCUT2D eigenvalue weighted by Gasteiger charge is -2.04. The lowest BCUT2D eigenvalue weighted by molar-refractivity contribution is -0.124. The second-order valence-electron chi connectivity index (χ2n) is 5.80. The summed E-state index contributed by atoms with van der Waals surface area (Å²) in [6.07, 6.45) is 4.92. The Kier molecular flexibility index (Phi) is 2.48. The quantitative estimate of drug-likeness (QED) is 0.916. The number of anilines is 1. The highest BCUT2D eigenvalue weighted by Gasteiger charge is 2.59. The number of rotatable bonds is 3. The van der Waals surface area contributed by atoms with Crippen LogP contribution in [-0.2, 0) is 9.59 Å². The third kappa shape index (κ3) is 1.98. The van der Waals surface area contributed by atoms with Crippen LogP contribution in [0.5, 0.6) is 0 Å². The van der Waals surface area contributed by atoms with Gasteiger partial charge in [-0.1, -0.05) is 0 Å². The van der Waals surface area contributed by atoms with Gasteiger partial charge in [-0.25, -0.2) is 4.98 Å². The Morgan fingerprint density at radius 3 is 2.89 bits per heavy atom. The molecule has 0 radical (unpaired) electrons. The highest BCUT2D eigenvalue weighted by atomic mass is 32.1. The van der Waals surface area contributed by atoms with E-state index in [1.165, 1.54) is 11.5 Å².